The lowest BCUT2D eigenvalue weighted by molar-refractivity contribution is 0.669. The smallest absolute Gasteiger partial charge is 0.165 e. The van der Waals surface area contributed by atoms with Gasteiger partial charge < -0.3 is 8.98 Å². The molecule has 0 atom stereocenters. The summed E-state index contributed by atoms with van der Waals surface area (Å²) in [6.45, 7) is 0. The fraction of sp³-hybridized carbons (Fsp3) is 0. The minimum Gasteiger partial charge on any atom is -0.456 e. The zero-order valence-corrected chi connectivity index (χ0v) is 34.6. The predicted octanol–water partition coefficient (Wildman–Crippen LogP) is 15.6. The van der Waals surface area contributed by atoms with Crippen molar-refractivity contribution in [1.29, 1.82) is 0 Å². The highest BCUT2D eigenvalue weighted by atomic mass is 32.1. The number of hydrogen-bond acceptors (Lipinski definition) is 5. The first kappa shape index (κ1) is 35.6. The van der Waals surface area contributed by atoms with E-state index in [0.717, 1.165) is 71.3 Å². The highest BCUT2D eigenvalue weighted by molar-refractivity contribution is 7.26. The van der Waals surface area contributed by atoms with E-state index in [4.69, 9.17) is 19.4 Å². The number of furan rings is 1. The van der Waals surface area contributed by atoms with Gasteiger partial charge >= 0.3 is 0 Å². The molecule has 0 fully saturated rings. The van der Waals surface area contributed by atoms with Crippen molar-refractivity contribution in [2.24, 2.45) is 0 Å². The Morgan fingerprint density at radius 3 is 1.75 bits per heavy atom. The van der Waals surface area contributed by atoms with Gasteiger partial charge in [0.1, 0.15) is 11.2 Å². The number of aromatic nitrogens is 4. The lowest BCUT2D eigenvalue weighted by atomic mass is 9.97. The van der Waals surface area contributed by atoms with Gasteiger partial charge in [-0.25, -0.2) is 15.0 Å². The summed E-state index contributed by atoms with van der Waals surface area (Å²) in [5.41, 5.74) is 12.3. The molecule has 0 bridgehead atoms. The Morgan fingerprint density at radius 2 is 0.937 bits per heavy atom. The topological polar surface area (TPSA) is 56.7 Å². The summed E-state index contributed by atoms with van der Waals surface area (Å²) in [6.07, 6.45) is 0. The molecule has 0 unspecified atom stereocenters. The van der Waals surface area contributed by atoms with Crippen LogP contribution in [0.15, 0.2) is 211 Å². The third-order valence-corrected chi connectivity index (χ3v) is 13.5. The van der Waals surface area contributed by atoms with E-state index in [-0.39, 0.29) is 0 Å². The summed E-state index contributed by atoms with van der Waals surface area (Å²) in [5, 5.41) is 7.00. The maximum atomic E-state index is 6.75. The molecule has 294 valence electrons. The van der Waals surface area contributed by atoms with Crippen LogP contribution in [0.5, 0.6) is 0 Å². The lowest BCUT2D eigenvalue weighted by Crippen LogP contribution is -2.00. The maximum absolute atomic E-state index is 6.75. The quantitative estimate of drug-likeness (QED) is 0.168. The molecule has 0 aliphatic carbocycles. The Morgan fingerprint density at radius 1 is 0.365 bits per heavy atom. The SMILES string of the molecule is c1ccc(-c2ccc(-c3nc(-c4ccc5c(c4)oc4cccc(-c6ccccc6-n6c7ccccc7c7ccccc76)c45)nc(-c4cccc5c4sc4ccccc45)n3)cc2)cc1. The average molecular weight is 823 g/mol. The molecule has 9 aromatic carbocycles. The van der Waals surface area contributed by atoms with E-state index in [2.05, 4.69) is 205 Å². The van der Waals surface area contributed by atoms with Crippen molar-refractivity contribution in [2.75, 3.05) is 0 Å². The van der Waals surface area contributed by atoms with E-state index in [9.17, 15) is 0 Å². The summed E-state index contributed by atoms with van der Waals surface area (Å²) in [7, 11) is 0. The van der Waals surface area contributed by atoms with Gasteiger partial charge in [0.2, 0.25) is 0 Å². The monoisotopic (exact) mass is 822 g/mol. The van der Waals surface area contributed by atoms with Crippen LogP contribution in [-0.2, 0) is 0 Å². The van der Waals surface area contributed by atoms with Gasteiger partial charge in [0.05, 0.1) is 16.7 Å². The number of para-hydroxylation sites is 3. The lowest BCUT2D eigenvalue weighted by Gasteiger charge is -2.14. The number of fused-ring (bicyclic) bond motifs is 9. The van der Waals surface area contributed by atoms with Crippen LogP contribution in [0, 0.1) is 0 Å². The highest BCUT2D eigenvalue weighted by Gasteiger charge is 2.21. The molecular formula is C57H34N4OS. The molecule has 5 nitrogen and oxygen atoms in total. The molecule has 6 heteroatoms. The molecule has 0 N–H and O–H groups in total. The zero-order chi connectivity index (χ0) is 41.4. The van der Waals surface area contributed by atoms with E-state index >= 15 is 0 Å². The summed E-state index contributed by atoms with van der Waals surface area (Å²) in [6, 6.07) is 72.6. The van der Waals surface area contributed by atoms with Gasteiger partial charge in [-0.2, -0.15) is 0 Å². The minimum absolute atomic E-state index is 0.583. The van der Waals surface area contributed by atoms with Crippen molar-refractivity contribution in [2.45, 2.75) is 0 Å². The Labute approximate surface area is 365 Å². The van der Waals surface area contributed by atoms with Gasteiger partial charge in [-0.3, -0.25) is 0 Å². The third kappa shape index (κ3) is 5.73. The highest BCUT2D eigenvalue weighted by Crippen LogP contribution is 2.43. The van der Waals surface area contributed by atoms with Crippen molar-refractivity contribution in [1.82, 2.24) is 19.5 Å². The van der Waals surface area contributed by atoms with Crippen LogP contribution in [0.3, 0.4) is 0 Å². The van der Waals surface area contributed by atoms with Crippen LogP contribution in [-0.4, -0.2) is 19.5 Å². The standard InChI is InChI=1S/C57H34N4OS/c1-2-14-35(15-3-1)36-28-30-37(31-29-36)55-58-56(60-57(59-55)46-22-12-21-44-42-19-7-11-27-52(42)63-54(44)46)38-32-33-45-51(34-38)62-50-26-13-20-43(53(45)50)41-18-6-10-25-49(41)61-47-23-8-4-16-39(47)40-17-5-9-24-48(40)61/h1-34H. The first-order valence-electron chi connectivity index (χ1n) is 21.1. The average Bonchev–Trinajstić information content (AvgIpc) is 4.04. The van der Waals surface area contributed by atoms with Crippen molar-refractivity contribution < 1.29 is 4.42 Å². The van der Waals surface area contributed by atoms with Crippen LogP contribution in [0.4, 0.5) is 0 Å². The van der Waals surface area contributed by atoms with Gasteiger partial charge in [0, 0.05) is 64.0 Å². The van der Waals surface area contributed by atoms with Crippen molar-refractivity contribution in [3.8, 4) is 62.1 Å². The first-order valence-corrected chi connectivity index (χ1v) is 21.9. The summed E-state index contributed by atoms with van der Waals surface area (Å²) in [4.78, 5) is 15.6. The minimum atomic E-state index is 0.583. The summed E-state index contributed by atoms with van der Waals surface area (Å²) >= 11 is 1.77. The number of benzene rings is 9. The maximum Gasteiger partial charge on any atom is 0.165 e. The Bertz CT molecular complexity index is 3860. The summed E-state index contributed by atoms with van der Waals surface area (Å²) < 4.78 is 11.5. The molecule has 0 aliphatic heterocycles. The van der Waals surface area contributed by atoms with Crippen molar-refractivity contribution in [3.05, 3.63) is 206 Å². The molecule has 63 heavy (non-hydrogen) atoms. The van der Waals surface area contributed by atoms with E-state index in [1.165, 1.54) is 37.3 Å². The summed E-state index contributed by atoms with van der Waals surface area (Å²) in [5.74, 6) is 1.83. The molecule has 0 saturated heterocycles. The van der Waals surface area contributed by atoms with Crippen molar-refractivity contribution >= 4 is 75.3 Å². The molecule has 0 spiro atoms. The number of rotatable bonds is 6. The Balaban J connectivity index is 0.977. The second-order valence-electron chi connectivity index (χ2n) is 15.9. The van der Waals surface area contributed by atoms with Crippen LogP contribution >= 0.6 is 11.3 Å². The zero-order valence-electron chi connectivity index (χ0n) is 33.7. The van der Waals surface area contributed by atoms with Crippen LogP contribution < -0.4 is 0 Å². The normalized spacial score (nSPS) is 11.8. The van der Waals surface area contributed by atoms with E-state index < -0.39 is 0 Å². The second kappa shape index (κ2) is 14.2. The Kier molecular flexibility index (Phi) is 8.01. The van der Waals surface area contributed by atoms with E-state index in [0.29, 0.717) is 17.5 Å². The van der Waals surface area contributed by atoms with Crippen molar-refractivity contribution in [3.63, 3.8) is 0 Å². The number of nitrogens with zero attached hydrogens (tertiary/aromatic N) is 4. The number of hydrogen-bond donors (Lipinski definition) is 0. The molecule has 0 amide bonds. The van der Waals surface area contributed by atoms with Crippen LogP contribution in [0.1, 0.15) is 0 Å². The molecule has 4 aromatic heterocycles. The molecule has 4 heterocycles. The molecule has 13 aromatic rings. The predicted molar refractivity (Wildman–Crippen MR) is 262 cm³/mol. The van der Waals surface area contributed by atoms with Crippen LogP contribution in [0.25, 0.3) is 126 Å². The van der Waals surface area contributed by atoms with Gasteiger partial charge in [0.15, 0.2) is 17.5 Å². The van der Waals surface area contributed by atoms with Gasteiger partial charge in [-0.15, -0.1) is 11.3 Å². The first-order chi connectivity index (χ1) is 31.2. The molecule has 0 saturated carbocycles. The Hall–Kier alpha value is -8.19. The third-order valence-electron chi connectivity index (χ3n) is 12.3. The van der Waals surface area contributed by atoms with E-state index in [1.54, 1.807) is 11.3 Å². The van der Waals surface area contributed by atoms with Gasteiger partial charge in [-0.05, 0) is 65.2 Å². The molecular weight excluding hydrogens is 789 g/mol. The fourth-order valence-electron chi connectivity index (χ4n) is 9.39. The van der Waals surface area contributed by atoms with Gasteiger partial charge in [-0.1, -0.05) is 158 Å². The number of thiophene rings is 1. The molecule has 0 radical (unpaired) electrons. The fourth-order valence-corrected chi connectivity index (χ4v) is 10.6. The molecule has 0 aliphatic rings. The van der Waals surface area contributed by atoms with E-state index in [1.807, 2.05) is 6.07 Å². The largest absolute Gasteiger partial charge is 0.456 e. The van der Waals surface area contributed by atoms with Crippen LogP contribution in [0.2, 0.25) is 0 Å². The van der Waals surface area contributed by atoms with Gasteiger partial charge in [0.25, 0.3) is 0 Å². The molecule has 13 rings (SSSR count). The second-order valence-corrected chi connectivity index (χ2v) is 17.0.